The fourth-order valence-corrected chi connectivity index (χ4v) is 3.74. The lowest BCUT2D eigenvalue weighted by atomic mass is 9.73. The summed E-state index contributed by atoms with van der Waals surface area (Å²) in [7, 11) is 0. The van der Waals surface area contributed by atoms with Crippen LogP contribution in [-0.2, 0) is 12.8 Å². The zero-order valence-corrected chi connectivity index (χ0v) is 13.3. The first-order valence-corrected chi connectivity index (χ1v) is 8.37. The van der Waals surface area contributed by atoms with Crippen molar-refractivity contribution in [3.63, 3.8) is 0 Å². The maximum Gasteiger partial charge on any atom is 0.133 e. The van der Waals surface area contributed by atoms with Crippen LogP contribution in [-0.4, -0.2) is 27.7 Å². The number of nitrogens with one attached hydrogen (secondary N) is 1. The van der Waals surface area contributed by atoms with Crippen LogP contribution in [0, 0.1) is 12.3 Å². The van der Waals surface area contributed by atoms with Gasteiger partial charge in [-0.15, -0.1) is 0 Å². The van der Waals surface area contributed by atoms with Crippen molar-refractivity contribution >= 4 is 5.82 Å². The standard InChI is InChI=1S/C17H27N3O/c1-12-19-14-8-4-3-7-13(14)16(20-12)18-11-17(2)10-6-5-9-15(17)21/h15,21H,3-11H2,1-2H3,(H,18,19,20). The Morgan fingerprint density at radius 1 is 1.19 bits per heavy atom. The molecule has 1 fully saturated rings. The van der Waals surface area contributed by atoms with E-state index in [2.05, 4.69) is 22.2 Å². The number of hydrogen-bond donors (Lipinski definition) is 2. The normalized spacial score (nSPS) is 29.0. The average Bonchev–Trinajstić information content (AvgIpc) is 2.48. The second kappa shape index (κ2) is 5.91. The van der Waals surface area contributed by atoms with Crippen molar-refractivity contribution in [3.8, 4) is 0 Å². The summed E-state index contributed by atoms with van der Waals surface area (Å²) in [4.78, 5) is 9.22. The highest BCUT2D eigenvalue weighted by Crippen LogP contribution is 2.36. The van der Waals surface area contributed by atoms with Crippen LogP contribution in [0.1, 0.15) is 62.5 Å². The Morgan fingerprint density at radius 3 is 2.81 bits per heavy atom. The molecule has 1 saturated carbocycles. The third-order valence-corrected chi connectivity index (χ3v) is 5.23. The fraction of sp³-hybridized carbons (Fsp3) is 0.765. The predicted molar refractivity (Wildman–Crippen MR) is 84.5 cm³/mol. The highest BCUT2D eigenvalue weighted by molar-refractivity contribution is 5.48. The molecule has 4 heteroatoms. The minimum Gasteiger partial charge on any atom is -0.392 e. The number of nitrogens with zero attached hydrogens (tertiary/aromatic N) is 2. The van der Waals surface area contributed by atoms with Gasteiger partial charge in [-0.2, -0.15) is 0 Å². The molecule has 2 N–H and O–H groups in total. The number of aliphatic hydroxyl groups is 1. The van der Waals surface area contributed by atoms with Crippen LogP contribution in [0.4, 0.5) is 5.82 Å². The number of aryl methyl sites for hydroxylation is 2. The topological polar surface area (TPSA) is 58.0 Å². The molecule has 0 aromatic carbocycles. The van der Waals surface area contributed by atoms with Gasteiger partial charge in [0.05, 0.1) is 6.10 Å². The Kier molecular flexibility index (Phi) is 4.16. The molecular weight excluding hydrogens is 262 g/mol. The van der Waals surface area contributed by atoms with Crippen molar-refractivity contribution in [1.82, 2.24) is 9.97 Å². The molecule has 116 valence electrons. The van der Waals surface area contributed by atoms with Crippen molar-refractivity contribution in [2.45, 2.75) is 71.3 Å². The van der Waals surface area contributed by atoms with Gasteiger partial charge < -0.3 is 10.4 Å². The smallest absolute Gasteiger partial charge is 0.133 e. The lowest BCUT2D eigenvalue weighted by Crippen LogP contribution is -2.41. The zero-order valence-electron chi connectivity index (χ0n) is 13.3. The minimum atomic E-state index is -0.197. The monoisotopic (exact) mass is 289 g/mol. The van der Waals surface area contributed by atoms with Crippen molar-refractivity contribution in [1.29, 1.82) is 0 Å². The molecule has 0 aliphatic heterocycles. The molecule has 2 atom stereocenters. The molecule has 2 unspecified atom stereocenters. The fourth-order valence-electron chi connectivity index (χ4n) is 3.74. The van der Waals surface area contributed by atoms with Crippen LogP contribution in [0.25, 0.3) is 0 Å². The summed E-state index contributed by atoms with van der Waals surface area (Å²) < 4.78 is 0. The molecule has 1 aromatic rings. The molecule has 0 spiro atoms. The summed E-state index contributed by atoms with van der Waals surface area (Å²) in [6, 6.07) is 0. The molecule has 4 nitrogen and oxygen atoms in total. The Morgan fingerprint density at radius 2 is 2.00 bits per heavy atom. The number of hydrogen-bond acceptors (Lipinski definition) is 4. The molecule has 0 bridgehead atoms. The Balaban J connectivity index is 1.77. The molecule has 1 heterocycles. The molecule has 0 saturated heterocycles. The number of fused-ring (bicyclic) bond motifs is 1. The largest absolute Gasteiger partial charge is 0.392 e. The maximum absolute atomic E-state index is 10.3. The van der Waals surface area contributed by atoms with E-state index in [0.717, 1.165) is 50.3 Å². The molecule has 3 rings (SSSR count). The molecular formula is C17H27N3O. The van der Waals surface area contributed by atoms with Gasteiger partial charge >= 0.3 is 0 Å². The Bertz CT molecular complexity index is 517. The van der Waals surface area contributed by atoms with Crippen LogP contribution in [0.2, 0.25) is 0 Å². The molecule has 21 heavy (non-hydrogen) atoms. The van der Waals surface area contributed by atoms with Crippen LogP contribution < -0.4 is 5.32 Å². The van der Waals surface area contributed by atoms with E-state index in [1.807, 2.05) is 6.92 Å². The molecule has 2 aliphatic carbocycles. The first-order chi connectivity index (χ1) is 10.1. The van der Waals surface area contributed by atoms with E-state index in [9.17, 15) is 5.11 Å². The van der Waals surface area contributed by atoms with Gasteiger partial charge in [-0.25, -0.2) is 9.97 Å². The second-order valence-corrected chi connectivity index (χ2v) is 7.02. The third kappa shape index (κ3) is 3.05. The number of rotatable bonds is 3. The number of aromatic nitrogens is 2. The molecule has 0 radical (unpaired) electrons. The van der Waals surface area contributed by atoms with Crippen molar-refractivity contribution in [3.05, 3.63) is 17.1 Å². The zero-order chi connectivity index (χ0) is 14.9. The van der Waals surface area contributed by atoms with Crippen molar-refractivity contribution in [2.75, 3.05) is 11.9 Å². The van der Waals surface area contributed by atoms with Crippen LogP contribution in [0.5, 0.6) is 0 Å². The van der Waals surface area contributed by atoms with Crippen LogP contribution >= 0.6 is 0 Å². The summed E-state index contributed by atoms with van der Waals surface area (Å²) >= 11 is 0. The third-order valence-electron chi connectivity index (χ3n) is 5.23. The van der Waals surface area contributed by atoms with Gasteiger partial charge in [0.25, 0.3) is 0 Å². The summed E-state index contributed by atoms with van der Waals surface area (Å²) in [6.07, 6.45) is 8.82. The van der Waals surface area contributed by atoms with Crippen LogP contribution in [0.15, 0.2) is 0 Å². The molecule has 0 amide bonds. The first kappa shape index (κ1) is 14.8. The molecule has 1 aromatic heterocycles. The lowest BCUT2D eigenvalue weighted by Gasteiger charge is -2.39. The molecule has 2 aliphatic rings. The Labute approximate surface area is 127 Å². The van der Waals surface area contributed by atoms with E-state index < -0.39 is 0 Å². The summed E-state index contributed by atoms with van der Waals surface area (Å²) in [5, 5.41) is 13.9. The highest BCUT2D eigenvalue weighted by atomic mass is 16.3. The second-order valence-electron chi connectivity index (χ2n) is 7.02. The van der Waals surface area contributed by atoms with E-state index in [1.165, 1.54) is 30.5 Å². The quantitative estimate of drug-likeness (QED) is 0.898. The van der Waals surface area contributed by atoms with E-state index >= 15 is 0 Å². The minimum absolute atomic E-state index is 0.0291. The van der Waals surface area contributed by atoms with Crippen LogP contribution in [0.3, 0.4) is 0 Å². The first-order valence-electron chi connectivity index (χ1n) is 8.37. The van der Waals surface area contributed by atoms with E-state index in [1.54, 1.807) is 0 Å². The van der Waals surface area contributed by atoms with E-state index in [-0.39, 0.29) is 11.5 Å². The van der Waals surface area contributed by atoms with Gasteiger partial charge in [0.1, 0.15) is 11.6 Å². The Hall–Kier alpha value is -1.16. The summed E-state index contributed by atoms with van der Waals surface area (Å²) in [6.45, 7) is 4.97. The van der Waals surface area contributed by atoms with Gasteiger partial charge in [-0.1, -0.05) is 19.8 Å². The maximum atomic E-state index is 10.3. The van der Waals surface area contributed by atoms with Gasteiger partial charge in [-0.3, -0.25) is 0 Å². The highest BCUT2D eigenvalue weighted by Gasteiger charge is 2.35. The van der Waals surface area contributed by atoms with E-state index in [0.29, 0.717) is 0 Å². The average molecular weight is 289 g/mol. The number of aliphatic hydroxyl groups excluding tert-OH is 1. The van der Waals surface area contributed by atoms with Gasteiger partial charge in [0, 0.05) is 23.2 Å². The van der Waals surface area contributed by atoms with Crippen molar-refractivity contribution < 1.29 is 5.11 Å². The number of anilines is 1. The van der Waals surface area contributed by atoms with Gasteiger partial charge in [0.15, 0.2) is 0 Å². The summed E-state index contributed by atoms with van der Waals surface area (Å²) in [5.41, 5.74) is 2.50. The SMILES string of the molecule is Cc1nc2c(c(NCC3(C)CCCCC3O)n1)CCCC2. The summed E-state index contributed by atoms with van der Waals surface area (Å²) in [5.74, 6) is 1.86. The van der Waals surface area contributed by atoms with Gasteiger partial charge in [0.2, 0.25) is 0 Å². The van der Waals surface area contributed by atoms with E-state index in [4.69, 9.17) is 0 Å². The van der Waals surface area contributed by atoms with Crippen molar-refractivity contribution in [2.24, 2.45) is 5.41 Å². The lowest BCUT2D eigenvalue weighted by molar-refractivity contribution is 0.00957. The predicted octanol–water partition coefficient (Wildman–Crippen LogP) is 3.02. The van der Waals surface area contributed by atoms with Gasteiger partial charge in [-0.05, 0) is 45.4 Å².